The van der Waals surface area contributed by atoms with Crippen LogP contribution in [0.25, 0.3) is 0 Å². The molecule has 1 aliphatic heterocycles. The molecule has 0 aromatic rings. The first-order valence-electron chi connectivity index (χ1n) is 4.70. The van der Waals surface area contributed by atoms with E-state index in [4.69, 9.17) is 4.74 Å². The normalized spacial score (nSPS) is 27.2. The van der Waals surface area contributed by atoms with Crippen molar-refractivity contribution in [2.24, 2.45) is 0 Å². The molecule has 70 valence electrons. The zero-order chi connectivity index (χ0) is 8.97. The molecule has 2 nitrogen and oxygen atoms in total. The zero-order valence-electron chi connectivity index (χ0n) is 8.34. The molecule has 0 aliphatic carbocycles. The zero-order valence-corrected chi connectivity index (χ0v) is 8.34. The van der Waals surface area contributed by atoms with Crippen molar-refractivity contribution in [3.8, 4) is 0 Å². The van der Waals surface area contributed by atoms with Crippen molar-refractivity contribution in [1.82, 2.24) is 4.90 Å². The molecule has 0 bridgehead atoms. The van der Waals surface area contributed by atoms with Crippen molar-refractivity contribution in [3.05, 3.63) is 11.8 Å². The number of rotatable bonds is 2. The first-order chi connectivity index (χ1) is 5.72. The van der Waals surface area contributed by atoms with Crippen molar-refractivity contribution in [2.75, 3.05) is 20.1 Å². The van der Waals surface area contributed by atoms with E-state index in [9.17, 15) is 0 Å². The fourth-order valence-corrected chi connectivity index (χ4v) is 1.55. The molecule has 0 aromatic heterocycles. The van der Waals surface area contributed by atoms with E-state index in [1.807, 2.05) is 19.9 Å². The number of likely N-dealkylation sites (tertiary alicyclic amines) is 1. The van der Waals surface area contributed by atoms with Crippen LogP contribution in [0.5, 0.6) is 0 Å². The Bertz CT molecular complexity index is 165. The molecule has 1 saturated heterocycles. The van der Waals surface area contributed by atoms with Crippen LogP contribution < -0.4 is 0 Å². The van der Waals surface area contributed by atoms with Crippen molar-refractivity contribution < 1.29 is 4.74 Å². The van der Waals surface area contributed by atoms with Gasteiger partial charge in [0.2, 0.25) is 0 Å². The van der Waals surface area contributed by atoms with Gasteiger partial charge in [0.15, 0.2) is 0 Å². The van der Waals surface area contributed by atoms with Crippen LogP contribution in [0.1, 0.15) is 26.7 Å². The SMILES string of the molecule is C/C=C(/C)O[C@H]1CCCN(C)C1. The molecule has 1 fully saturated rings. The molecule has 2 heteroatoms. The fraction of sp³-hybridized carbons (Fsp3) is 0.800. The van der Waals surface area contributed by atoms with Gasteiger partial charge < -0.3 is 9.64 Å². The highest BCUT2D eigenvalue weighted by Crippen LogP contribution is 2.14. The molecule has 0 N–H and O–H groups in total. The summed E-state index contributed by atoms with van der Waals surface area (Å²) in [6.45, 7) is 6.33. The number of ether oxygens (including phenoxy) is 1. The average molecular weight is 169 g/mol. The summed E-state index contributed by atoms with van der Waals surface area (Å²) in [7, 11) is 2.15. The highest BCUT2D eigenvalue weighted by Gasteiger charge is 2.17. The minimum Gasteiger partial charge on any atom is -0.494 e. The number of hydrogen-bond acceptors (Lipinski definition) is 2. The Kier molecular flexibility index (Phi) is 3.60. The van der Waals surface area contributed by atoms with Crippen LogP contribution in [0.2, 0.25) is 0 Å². The summed E-state index contributed by atoms with van der Waals surface area (Å²) < 4.78 is 5.73. The molecular weight excluding hydrogens is 150 g/mol. The third kappa shape index (κ3) is 2.86. The lowest BCUT2D eigenvalue weighted by molar-refractivity contribution is 0.0509. The Balaban J connectivity index is 2.32. The van der Waals surface area contributed by atoms with Gasteiger partial charge in [-0.05, 0) is 46.4 Å². The monoisotopic (exact) mass is 169 g/mol. The summed E-state index contributed by atoms with van der Waals surface area (Å²) in [5.74, 6) is 1.05. The van der Waals surface area contributed by atoms with Gasteiger partial charge in [-0.1, -0.05) is 0 Å². The van der Waals surface area contributed by atoms with Gasteiger partial charge in [-0.25, -0.2) is 0 Å². The number of piperidine rings is 1. The van der Waals surface area contributed by atoms with Crippen LogP contribution in [0, 0.1) is 0 Å². The highest BCUT2D eigenvalue weighted by atomic mass is 16.5. The molecule has 0 radical (unpaired) electrons. The Morgan fingerprint density at radius 3 is 2.92 bits per heavy atom. The van der Waals surface area contributed by atoms with E-state index in [-0.39, 0.29) is 0 Å². The van der Waals surface area contributed by atoms with Crippen LogP contribution in [0.15, 0.2) is 11.8 Å². The average Bonchev–Trinajstić information content (AvgIpc) is 2.04. The van der Waals surface area contributed by atoms with Gasteiger partial charge in [-0.15, -0.1) is 0 Å². The number of allylic oxidation sites excluding steroid dienone is 2. The van der Waals surface area contributed by atoms with Crippen LogP contribution in [0.3, 0.4) is 0 Å². The first kappa shape index (κ1) is 9.59. The van der Waals surface area contributed by atoms with Gasteiger partial charge in [0.1, 0.15) is 6.10 Å². The lowest BCUT2D eigenvalue weighted by atomic mass is 10.1. The second-order valence-corrected chi connectivity index (χ2v) is 3.54. The van der Waals surface area contributed by atoms with Crippen molar-refractivity contribution in [3.63, 3.8) is 0 Å². The van der Waals surface area contributed by atoms with Gasteiger partial charge in [-0.3, -0.25) is 0 Å². The fourth-order valence-electron chi connectivity index (χ4n) is 1.55. The lowest BCUT2D eigenvalue weighted by Gasteiger charge is -2.30. The minimum atomic E-state index is 0.417. The number of nitrogens with zero attached hydrogens (tertiary/aromatic N) is 1. The maximum atomic E-state index is 5.73. The second-order valence-electron chi connectivity index (χ2n) is 3.54. The molecule has 0 saturated carbocycles. The lowest BCUT2D eigenvalue weighted by Crippen LogP contribution is -2.36. The van der Waals surface area contributed by atoms with E-state index in [1.54, 1.807) is 0 Å². The van der Waals surface area contributed by atoms with Crippen LogP contribution in [-0.2, 0) is 4.74 Å². The predicted molar refractivity (Wildman–Crippen MR) is 51.0 cm³/mol. The first-order valence-corrected chi connectivity index (χ1v) is 4.70. The van der Waals surface area contributed by atoms with Crippen LogP contribution >= 0.6 is 0 Å². The van der Waals surface area contributed by atoms with Crippen molar-refractivity contribution in [2.45, 2.75) is 32.8 Å². The Morgan fingerprint density at radius 1 is 1.58 bits per heavy atom. The summed E-state index contributed by atoms with van der Waals surface area (Å²) in [5, 5.41) is 0. The maximum absolute atomic E-state index is 5.73. The Hall–Kier alpha value is -0.500. The molecule has 0 amide bonds. The van der Waals surface area contributed by atoms with E-state index >= 15 is 0 Å². The molecule has 12 heavy (non-hydrogen) atoms. The van der Waals surface area contributed by atoms with E-state index in [2.05, 4.69) is 11.9 Å². The third-order valence-electron chi connectivity index (χ3n) is 2.34. The van der Waals surface area contributed by atoms with Gasteiger partial charge >= 0.3 is 0 Å². The van der Waals surface area contributed by atoms with Gasteiger partial charge in [-0.2, -0.15) is 0 Å². The number of hydrogen-bond donors (Lipinski definition) is 0. The molecular formula is C10H19NO. The number of likely N-dealkylation sites (N-methyl/N-ethyl adjacent to an activating group) is 1. The smallest absolute Gasteiger partial charge is 0.111 e. The van der Waals surface area contributed by atoms with Gasteiger partial charge in [0, 0.05) is 6.54 Å². The van der Waals surface area contributed by atoms with Gasteiger partial charge in [0.25, 0.3) is 0 Å². The quantitative estimate of drug-likeness (QED) is 0.586. The summed E-state index contributed by atoms with van der Waals surface area (Å²) in [4.78, 5) is 2.33. The van der Waals surface area contributed by atoms with E-state index in [0.29, 0.717) is 6.10 Å². The van der Waals surface area contributed by atoms with Gasteiger partial charge in [0.05, 0.1) is 5.76 Å². The Labute approximate surface area is 75.2 Å². The third-order valence-corrected chi connectivity index (χ3v) is 2.34. The standard InChI is InChI=1S/C10H19NO/c1-4-9(2)12-10-6-5-7-11(3)8-10/h4,10H,5-8H2,1-3H3/b9-4-/t10-/m0/s1. The minimum absolute atomic E-state index is 0.417. The molecule has 1 aliphatic rings. The van der Waals surface area contributed by atoms with Crippen LogP contribution in [0.4, 0.5) is 0 Å². The largest absolute Gasteiger partial charge is 0.494 e. The summed E-state index contributed by atoms with van der Waals surface area (Å²) >= 11 is 0. The molecule has 0 unspecified atom stereocenters. The van der Waals surface area contributed by atoms with E-state index < -0.39 is 0 Å². The highest BCUT2D eigenvalue weighted by molar-refractivity contribution is 4.87. The molecule has 1 rings (SSSR count). The van der Waals surface area contributed by atoms with Crippen LogP contribution in [-0.4, -0.2) is 31.1 Å². The maximum Gasteiger partial charge on any atom is 0.111 e. The molecule has 0 aromatic carbocycles. The van der Waals surface area contributed by atoms with E-state index in [0.717, 1.165) is 12.3 Å². The topological polar surface area (TPSA) is 12.5 Å². The summed E-state index contributed by atoms with van der Waals surface area (Å²) in [6, 6.07) is 0. The summed E-state index contributed by atoms with van der Waals surface area (Å²) in [5.41, 5.74) is 0. The summed E-state index contributed by atoms with van der Waals surface area (Å²) in [6.07, 6.45) is 4.90. The Morgan fingerprint density at radius 2 is 2.33 bits per heavy atom. The molecule has 0 spiro atoms. The van der Waals surface area contributed by atoms with Crippen molar-refractivity contribution in [1.29, 1.82) is 0 Å². The molecule has 1 heterocycles. The van der Waals surface area contributed by atoms with Crippen molar-refractivity contribution >= 4 is 0 Å². The predicted octanol–water partition coefficient (Wildman–Crippen LogP) is 2.02. The van der Waals surface area contributed by atoms with E-state index in [1.165, 1.54) is 19.4 Å². The second kappa shape index (κ2) is 4.51. The molecule has 1 atom stereocenters.